The van der Waals surface area contributed by atoms with Gasteiger partial charge in [0, 0.05) is 17.3 Å². The number of carbonyl (C=O) groups excluding carboxylic acids is 1. The zero-order valence-electron chi connectivity index (χ0n) is 8.27. The lowest BCUT2D eigenvalue weighted by Gasteiger charge is -2.02. The minimum atomic E-state index is -0.282. The van der Waals surface area contributed by atoms with Gasteiger partial charge in [0.15, 0.2) is 0 Å². The van der Waals surface area contributed by atoms with Crippen LogP contribution in [0.5, 0.6) is 0 Å². The molecule has 0 spiro atoms. The van der Waals surface area contributed by atoms with Crippen molar-refractivity contribution < 1.29 is 9.53 Å². The number of rotatable bonds is 4. The summed E-state index contributed by atoms with van der Waals surface area (Å²) in [6, 6.07) is 3.66. The molecule has 0 aromatic carbocycles. The number of nitriles is 1. The zero-order valence-corrected chi connectivity index (χ0v) is 9.08. The summed E-state index contributed by atoms with van der Waals surface area (Å²) < 4.78 is 4.77. The van der Waals surface area contributed by atoms with Crippen LogP contribution in [0.3, 0.4) is 0 Å². The summed E-state index contributed by atoms with van der Waals surface area (Å²) in [7, 11) is 0. The van der Waals surface area contributed by atoms with Gasteiger partial charge in [-0.1, -0.05) is 0 Å². The van der Waals surface area contributed by atoms with E-state index in [1.54, 1.807) is 25.4 Å². The van der Waals surface area contributed by atoms with Crippen LogP contribution in [0.15, 0.2) is 23.4 Å². The molecular formula is C10H10N2O2S. The average Bonchev–Trinajstić information content (AvgIpc) is 2.27. The second-order valence-corrected chi connectivity index (χ2v) is 3.59. The molecule has 0 unspecified atom stereocenters. The van der Waals surface area contributed by atoms with E-state index in [0.717, 1.165) is 0 Å². The average molecular weight is 222 g/mol. The molecule has 0 amide bonds. The van der Waals surface area contributed by atoms with Gasteiger partial charge in [-0.3, -0.25) is 9.78 Å². The maximum Gasteiger partial charge on any atom is 0.316 e. The van der Waals surface area contributed by atoms with Crippen molar-refractivity contribution in [2.24, 2.45) is 0 Å². The Hall–Kier alpha value is -1.54. The van der Waals surface area contributed by atoms with Crippen molar-refractivity contribution in [3.8, 4) is 6.07 Å². The number of hydrogen-bond donors (Lipinski definition) is 0. The van der Waals surface area contributed by atoms with Crippen LogP contribution in [0.2, 0.25) is 0 Å². The monoisotopic (exact) mass is 222 g/mol. The van der Waals surface area contributed by atoms with Crippen molar-refractivity contribution in [3.63, 3.8) is 0 Å². The van der Waals surface area contributed by atoms with Crippen molar-refractivity contribution in [1.82, 2.24) is 4.98 Å². The van der Waals surface area contributed by atoms with Crippen LogP contribution < -0.4 is 0 Å². The van der Waals surface area contributed by atoms with Gasteiger partial charge in [0.2, 0.25) is 0 Å². The molecule has 15 heavy (non-hydrogen) atoms. The molecule has 0 N–H and O–H groups in total. The standard InChI is InChI=1S/C10H10N2O2S/c1-2-14-10(13)7-15-9-6-12-4-3-8(9)5-11/h3-4,6H,2,7H2,1H3. The molecule has 0 fully saturated rings. The first kappa shape index (κ1) is 11.5. The van der Waals surface area contributed by atoms with Crippen LogP contribution in [-0.2, 0) is 9.53 Å². The summed E-state index contributed by atoms with van der Waals surface area (Å²) >= 11 is 1.26. The summed E-state index contributed by atoms with van der Waals surface area (Å²) in [5, 5.41) is 8.78. The fourth-order valence-corrected chi connectivity index (χ4v) is 1.69. The van der Waals surface area contributed by atoms with Gasteiger partial charge in [-0.25, -0.2) is 0 Å². The highest BCUT2D eigenvalue weighted by atomic mass is 32.2. The molecule has 1 aromatic heterocycles. The van der Waals surface area contributed by atoms with Gasteiger partial charge in [0.25, 0.3) is 0 Å². The molecule has 1 heterocycles. The summed E-state index contributed by atoms with van der Waals surface area (Å²) in [5.74, 6) is -0.0796. The number of carbonyl (C=O) groups is 1. The van der Waals surface area contributed by atoms with E-state index < -0.39 is 0 Å². The predicted molar refractivity (Wildman–Crippen MR) is 56.3 cm³/mol. The van der Waals surface area contributed by atoms with E-state index in [2.05, 4.69) is 4.98 Å². The Balaban J connectivity index is 2.58. The van der Waals surface area contributed by atoms with E-state index in [1.165, 1.54) is 11.8 Å². The zero-order chi connectivity index (χ0) is 11.1. The quantitative estimate of drug-likeness (QED) is 0.572. The first-order valence-corrected chi connectivity index (χ1v) is 5.39. The van der Waals surface area contributed by atoms with Crippen molar-refractivity contribution in [2.45, 2.75) is 11.8 Å². The molecule has 5 heteroatoms. The fourth-order valence-electron chi connectivity index (χ4n) is 0.927. The summed E-state index contributed by atoms with van der Waals surface area (Å²) in [6.45, 7) is 2.13. The lowest BCUT2D eigenvalue weighted by molar-refractivity contribution is -0.139. The Morgan fingerprint density at radius 3 is 3.20 bits per heavy atom. The molecule has 0 saturated heterocycles. The molecule has 1 aromatic rings. The summed E-state index contributed by atoms with van der Waals surface area (Å²) in [6.07, 6.45) is 3.12. The third kappa shape index (κ3) is 3.60. The third-order valence-corrected chi connectivity index (χ3v) is 2.57. The maximum absolute atomic E-state index is 11.1. The number of hydrogen-bond acceptors (Lipinski definition) is 5. The van der Waals surface area contributed by atoms with E-state index in [0.29, 0.717) is 17.1 Å². The molecule has 0 radical (unpaired) electrons. The van der Waals surface area contributed by atoms with E-state index in [1.807, 2.05) is 6.07 Å². The van der Waals surface area contributed by atoms with E-state index in [-0.39, 0.29) is 11.7 Å². The van der Waals surface area contributed by atoms with Gasteiger partial charge in [0.05, 0.1) is 17.9 Å². The molecule has 0 aliphatic rings. The number of pyridine rings is 1. The van der Waals surface area contributed by atoms with Gasteiger partial charge >= 0.3 is 5.97 Å². The van der Waals surface area contributed by atoms with Crippen LogP contribution in [0.25, 0.3) is 0 Å². The molecule has 0 aliphatic carbocycles. The van der Waals surface area contributed by atoms with Crippen LogP contribution in [0.1, 0.15) is 12.5 Å². The SMILES string of the molecule is CCOC(=O)CSc1cnccc1C#N. The molecular weight excluding hydrogens is 212 g/mol. The highest BCUT2D eigenvalue weighted by molar-refractivity contribution is 8.00. The second kappa shape index (κ2) is 6.04. The second-order valence-electron chi connectivity index (χ2n) is 2.58. The fraction of sp³-hybridized carbons (Fsp3) is 0.300. The normalized spacial score (nSPS) is 9.33. The minimum absolute atomic E-state index is 0.203. The van der Waals surface area contributed by atoms with Gasteiger partial charge in [-0.05, 0) is 13.0 Å². The van der Waals surface area contributed by atoms with Gasteiger partial charge < -0.3 is 4.74 Å². The van der Waals surface area contributed by atoms with Gasteiger partial charge in [-0.15, -0.1) is 11.8 Å². The van der Waals surface area contributed by atoms with E-state index >= 15 is 0 Å². The van der Waals surface area contributed by atoms with E-state index in [4.69, 9.17) is 10.00 Å². The van der Waals surface area contributed by atoms with Crippen molar-refractivity contribution in [3.05, 3.63) is 24.0 Å². The smallest absolute Gasteiger partial charge is 0.316 e. The maximum atomic E-state index is 11.1. The lowest BCUT2D eigenvalue weighted by Crippen LogP contribution is -2.06. The number of nitrogens with zero attached hydrogens (tertiary/aromatic N) is 2. The number of thioether (sulfide) groups is 1. The summed E-state index contributed by atoms with van der Waals surface area (Å²) in [4.78, 5) is 15.7. The topological polar surface area (TPSA) is 63.0 Å². The van der Waals surface area contributed by atoms with Gasteiger partial charge in [-0.2, -0.15) is 5.26 Å². The largest absolute Gasteiger partial charge is 0.465 e. The Morgan fingerprint density at radius 2 is 2.53 bits per heavy atom. The highest BCUT2D eigenvalue weighted by Gasteiger charge is 2.06. The number of ether oxygens (including phenoxy) is 1. The van der Waals surface area contributed by atoms with Crippen LogP contribution in [0, 0.1) is 11.3 Å². The predicted octanol–water partition coefficient (Wildman–Crippen LogP) is 1.61. The Morgan fingerprint density at radius 1 is 1.73 bits per heavy atom. The summed E-state index contributed by atoms with van der Waals surface area (Å²) in [5.41, 5.74) is 0.527. The number of aromatic nitrogens is 1. The minimum Gasteiger partial charge on any atom is -0.465 e. The lowest BCUT2D eigenvalue weighted by atomic mass is 10.3. The molecule has 0 atom stereocenters. The molecule has 0 saturated carbocycles. The third-order valence-electron chi connectivity index (χ3n) is 1.56. The molecule has 0 bridgehead atoms. The first-order chi connectivity index (χ1) is 7.27. The van der Waals surface area contributed by atoms with Crippen LogP contribution >= 0.6 is 11.8 Å². The number of esters is 1. The van der Waals surface area contributed by atoms with Gasteiger partial charge in [0.1, 0.15) is 6.07 Å². The van der Waals surface area contributed by atoms with Crippen LogP contribution in [-0.4, -0.2) is 23.3 Å². The molecule has 0 aliphatic heterocycles. The highest BCUT2D eigenvalue weighted by Crippen LogP contribution is 2.20. The molecule has 1 rings (SSSR count). The van der Waals surface area contributed by atoms with Crippen LogP contribution in [0.4, 0.5) is 0 Å². The Kier molecular flexibility index (Phi) is 4.64. The Labute approximate surface area is 92.3 Å². The van der Waals surface area contributed by atoms with E-state index in [9.17, 15) is 4.79 Å². The first-order valence-electron chi connectivity index (χ1n) is 4.40. The van der Waals surface area contributed by atoms with Crippen molar-refractivity contribution >= 4 is 17.7 Å². The van der Waals surface area contributed by atoms with Crippen molar-refractivity contribution in [1.29, 1.82) is 5.26 Å². The Bertz CT molecular complexity index is 387. The molecule has 4 nitrogen and oxygen atoms in total. The molecule has 78 valence electrons. The van der Waals surface area contributed by atoms with Crippen molar-refractivity contribution in [2.75, 3.05) is 12.4 Å².